The molecule has 0 aliphatic carbocycles. The summed E-state index contributed by atoms with van der Waals surface area (Å²) in [4.78, 5) is 4.39. The van der Waals surface area contributed by atoms with E-state index in [1.54, 1.807) is 12.1 Å². The average Bonchev–Trinajstić information content (AvgIpc) is 2.88. The molecule has 0 spiro atoms. The fourth-order valence-electron chi connectivity index (χ4n) is 2.14. The molecular formula is C16H16N2O3. The third-order valence-electron chi connectivity index (χ3n) is 3.29. The number of aromatic hydroxyl groups is 2. The van der Waals surface area contributed by atoms with Crippen molar-refractivity contribution >= 4 is 16.8 Å². The van der Waals surface area contributed by atoms with Crippen LogP contribution in [0.15, 0.2) is 40.8 Å². The average molecular weight is 284 g/mol. The Hall–Kier alpha value is -2.69. The molecule has 3 rings (SSSR count). The number of nitrogens with zero attached hydrogens (tertiary/aromatic N) is 1. The second-order valence-electron chi connectivity index (χ2n) is 4.81. The van der Waals surface area contributed by atoms with Gasteiger partial charge in [0.15, 0.2) is 11.5 Å². The van der Waals surface area contributed by atoms with E-state index in [4.69, 9.17) is 4.42 Å². The van der Waals surface area contributed by atoms with Crippen LogP contribution in [0.25, 0.3) is 11.1 Å². The van der Waals surface area contributed by atoms with Crippen molar-refractivity contribution < 1.29 is 14.6 Å². The van der Waals surface area contributed by atoms with E-state index in [9.17, 15) is 10.2 Å². The van der Waals surface area contributed by atoms with Gasteiger partial charge in [-0.05, 0) is 30.3 Å². The first-order chi connectivity index (χ1) is 10.2. The summed E-state index contributed by atoms with van der Waals surface area (Å²) >= 11 is 0. The number of phenolic OH excluding ortho intramolecular Hbond substituents is 2. The second kappa shape index (κ2) is 5.36. The molecule has 3 N–H and O–H groups in total. The molecule has 0 saturated carbocycles. The van der Waals surface area contributed by atoms with E-state index in [2.05, 4.69) is 10.3 Å². The highest BCUT2D eigenvalue weighted by Gasteiger charge is 2.06. The number of phenols is 2. The van der Waals surface area contributed by atoms with Crippen LogP contribution in [0.3, 0.4) is 0 Å². The summed E-state index contributed by atoms with van der Waals surface area (Å²) in [6.07, 6.45) is 0.763. The minimum absolute atomic E-state index is 0.0485. The Bertz CT molecular complexity index is 780. The molecule has 1 aromatic heterocycles. The molecule has 0 saturated heterocycles. The van der Waals surface area contributed by atoms with Crippen molar-refractivity contribution in [2.75, 3.05) is 5.32 Å². The zero-order chi connectivity index (χ0) is 14.8. The van der Waals surface area contributed by atoms with Gasteiger partial charge < -0.3 is 19.9 Å². The number of rotatable bonds is 4. The van der Waals surface area contributed by atoms with Crippen LogP contribution in [0, 0.1) is 0 Å². The predicted octanol–water partition coefficient (Wildman–Crippen LogP) is 3.41. The van der Waals surface area contributed by atoms with Crippen LogP contribution in [0.4, 0.5) is 5.69 Å². The maximum absolute atomic E-state index is 9.75. The van der Waals surface area contributed by atoms with Gasteiger partial charge in [-0.1, -0.05) is 6.92 Å². The standard InChI is InChI=1S/C16H16N2O3/c1-2-16-18-13-7-11(4-6-15(13)21-16)17-9-10-3-5-12(19)8-14(10)20/h3-8,17,19-20H,2,9H2,1H3. The number of fused-ring (bicyclic) bond motifs is 1. The normalized spacial score (nSPS) is 10.9. The fraction of sp³-hybridized carbons (Fsp3) is 0.188. The van der Waals surface area contributed by atoms with Crippen molar-refractivity contribution in [3.8, 4) is 11.5 Å². The van der Waals surface area contributed by atoms with E-state index < -0.39 is 0 Å². The highest BCUT2D eigenvalue weighted by molar-refractivity contribution is 5.77. The minimum Gasteiger partial charge on any atom is -0.508 e. The van der Waals surface area contributed by atoms with E-state index in [1.165, 1.54) is 6.07 Å². The van der Waals surface area contributed by atoms with Gasteiger partial charge in [0.2, 0.25) is 0 Å². The van der Waals surface area contributed by atoms with Crippen LogP contribution in [-0.2, 0) is 13.0 Å². The molecule has 0 radical (unpaired) electrons. The Morgan fingerprint density at radius 2 is 2.00 bits per heavy atom. The molecule has 0 amide bonds. The Morgan fingerprint density at radius 3 is 2.76 bits per heavy atom. The maximum Gasteiger partial charge on any atom is 0.195 e. The molecule has 2 aromatic carbocycles. The Balaban J connectivity index is 1.78. The summed E-state index contributed by atoms with van der Waals surface area (Å²) in [5, 5.41) is 22.2. The van der Waals surface area contributed by atoms with Crippen molar-refractivity contribution in [3.05, 3.63) is 47.9 Å². The number of oxazole rings is 1. The van der Waals surface area contributed by atoms with Crippen molar-refractivity contribution in [1.82, 2.24) is 4.98 Å². The summed E-state index contributed by atoms with van der Waals surface area (Å²) in [5.74, 6) is 0.837. The Kier molecular flexibility index (Phi) is 3.39. The predicted molar refractivity (Wildman–Crippen MR) is 80.5 cm³/mol. The molecule has 1 heterocycles. The van der Waals surface area contributed by atoms with Crippen LogP contribution in [0.2, 0.25) is 0 Å². The van der Waals surface area contributed by atoms with Gasteiger partial charge in [0.25, 0.3) is 0 Å². The van der Waals surface area contributed by atoms with Gasteiger partial charge in [-0.3, -0.25) is 0 Å². The fourth-order valence-corrected chi connectivity index (χ4v) is 2.14. The lowest BCUT2D eigenvalue weighted by molar-refractivity contribution is 0.446. The molecule has 0 atom stereocenters. The molecule has 3 aromatic rings. The van der Waals surface area contributed by atoms with Gasteiger partial charge in [-0.25, -0.2) is 4.98 Å². The number of hydrogen-bond acceptors (Lipinski definition) is 5. The highest BCUT2D eigenvalue weighted by atomic mass is 16.3. The van der Waals surface area contributed by atoms with Crippen LogP contribution in [-0.4, -0.2) is 15.2 Å². The number of aryl methyl sites for hydroxylation is 1. The van der Waals surface area contributed by atoms with E-state index in [-0.39, 0.29) is 11.5 Å². The van der Waals surface area contributed by atoms with Gasteiger partial charge in [0.1, 0.15) is 17.0 Å². The molecule has 5 heteroatoms. The number of aromatic nitrogens is 1. The molecular weight excluding hydrogens is 268 g/mol. The number of nitrogens with one attached hydrogen (secondary N) is 1. The lowest BCUT2D eigenvalue weighted by Gasteiger charge is -2.08. The third-order valence-corrected chi connectivity index (χ3v) is 3.29. The smallest absolute Gasteiger partial charge is 0.195 e. The molecule has 108 valence electrons. The van der Waals surface area contributed by atoms with E-state index in [1.807, 2.05) is 25.1 Å². The molecule has 21 heavy (non-hydrogen) atoms. The SMILES string of the molecule is CCc1nc2cc(NCc3ccc(O)cc3O)ccc2o1. The monoisotopic (exact) mass is 284 g/mol. The minimum atomic E-state index is 0.0485. The van der Waals surface area contributed by atoms with Crippen LogP contribution >= 0.6 is 0 Å². The summed E-state index contributed by atoms with van der Waals surface area (Å²) in [6.45, 7) is 2.45. The van der Waals surface area contributed by atoms with Gasteiger partial charge >= 0.3 is 0 Å². The zero-order valence-electron chi connectivity index (χ0n) is 11.6. The first kappa shape index (κ1) is 13.3. The zero-order valence-corrected chi connectivity index (χ0v) is 11.6. The van der Waals surface area contributed by atoms with Crippen LogP contribution in [0.5, 0.6) is 11.5 Å². The molecule has 0 unspecified atom stereocenters. The van der Waals surface area contributed by atoms with Crippen molar-refractivity contribution in [1.29, 1.82) is 0 Å². The lowest BCUT2D eigenvalue weighted by Crippen LogP contribution is -1.99. The number of benzene rings is 2. The quantitative estimate of drug-likeness (QED) is 0.684. The summed E-state index contributed by atoms with van der Waals surface area (Å²) in [7, 11) is 0. The molecule has 0 aliphatic heterocycles. The van der Waals surface area contributed by atoms with E-state index >= 15 is 0 Å². The topological polar surface area (TPSA) is 78.5 Å². The van der Waals surface area contributed by atoms with Crippen molar-refractivity contribution in [2.24, 2.45) is 0 Å². The molecule has 0 fully saturated rings. The first-order valence-corrected chi connectivity index (χ1v) is 6.80. The molecule has 5 nitrogen and oxygen atoms in total. The number of anilines is 1. The van der Waals surface area contributed by atoms with Crippen LogP contribution < -0.4 is 5.32 Å². The molecule has 0 bridgehead atoms. The van der Waals surface area contributed by atoms with Crippen molar-refractivity contribution in [3.63, 3.8) is 0 Å². The van der Waals surface area contributed by atoms with E-state index in [0.717, 1.165) is 29.1 Å². The molecule has 0 aliphatic rings. The summed E-state index contributed by atoms with van der Waals surface area (Å²) in [6, 6.07) is 10.2. The van der Waals surface area contributed by atoms with Crippen molar-refractivity contribution in [2.45, 2.75) is 19.9 Å². The lowest BCUT2D eigenvalue weighted by atomic mass is 10.2. The summed E-state index contributed by atoms with van der Waals surface area (Å²) < 4.78 is 5.56. The third kappa shape index (κ3) is 2.76. The largest absolute Gasteiger partial charge is 0.508 e. The van der Waals surface area contributed by atoms with Gasteiger partial charge in [0, 0.05) is 30.3 Å². The van der Waals surface area contributed by atoms with Gasteiger partial charge in [-0.15, -0.1) is 0 Å². The van der Waals surface area contributed by atoms with Gasteiger partial charge in [-0.2, -0.15) is 0 Å². The first-order valence-electron chi connectivity index (χ1n) is 6.80. The van der Waals surface area contributed by atoms with Crippen LogP contribution in [0.1, 0.15) is 18.4 Å². The van der Waals surface area contributed by atoms with Gasteiger partial charge in [0.05, 0.1) is 0 Å². The highest BCUT2D eigenvalue weighted by Crippen LogP contribution is 2.25. The maximum atomic E-state index is 9.75. The Morgan fingerprint density at radius 1 is 1.14 bits per heavy atom. The second-order valence-corrected chi connectivity index (χ2v) is 4.81. The Labute approximate surface area is 121 Å². The van der Waals surface area contributed by atoms with E-state index in [0.29, 0.717) is 12.1 Å². The number of hydrogen-bond donors (Lipinski definition) is 3. The summed E-state index contributed by atoms with van der Waals surface area (Å²) in [5.41, 5.74) is 3.19.